The molecule has 0 aromatic heterocycles. The van der Waals surface area contributed by atoms with Crippen LogP contribution in [0.3, 0.4) is 0 Å². The molecule has 5 aliphatic carbocycles. The van der Waals surface area contributed by atoms with Gasteiger partial charge in [-0.05, 0) is 124 Å². The summed E-state index contributed by atoms with van der Waals surface area (Å²) in [5.74, 6) is 1.43. The van der Waals surface area contributed by atoms with Crippen molar-refractivity contribution in [3.8, 4) is 0 Å². The third-order valence-corrected chi connectivity index (χ3v) is 14.0. The van der Waals surface area contributed by atoms with Gasteiger partial charge in [0.15, 0.2) is 5.78 Å². The van der Waals surface area contributed by atoms with Crippen LogP contribution in [-0.4, -0.2) is 29.8 Å². The topological polar surface area (TPSA) is 72.5 Å². The summed E-state index contributed by atoms with van der Waals surface area (Å²) < 4.78 is 5.89. The molecule has 224 valence electrons. The van der Waals surface area contributed by atoms with E-state index in [9.17, 15) is 14.4 Å². The number of carbonyl (C=O) groups excluding carboxylic acids is 3. The molecule has 0 spiro atoms. The number of esters is 1. The molecule has 1 amide bonds. The van der Waals surface area contributed by atoms with Crippen molar-refractivity contribution in [1.29, 1.82) is 0 Å². The Bertz CT molecular complexity index is 1130. The van der Waals surface area contributed by atoms with E-state index in [1.807, 2.05) is 20.8 Å². The fraction of sp³-hybridized carbons (Fsp3) is 0.857. The second-order valence-electron chi connectivity index (χ2n) is 16.3. The Morgan fingerprint density at radius 1 is 0.950 bits per heavy atom. The van der Waals surface area contributed by atoms with E-state index in [1.165, 1.54) is 31.8 Å². The summed E-state index contributed by atoms with van der Waals surface area (Å²) in [5, 5.41) is 3.17. The average Bonchev–Trinajstić information content (AvgIpc) is 2.84. The van der Waals surface area contributed by atoms with Gasteiger partial charge in [-0.3, -0.25) is 14.4 Å². The van der Waals surface area contributed by atoms with Crippen LogP contribution < -0.4 is 5.32 Å². The normalized spacial score (nSPS) is 50.1. The highest BCUT2D eigenvalue weighted by Crippen LogP contribution is 2.75. The van der Waals surface area contributed by atoms with Crippen molar-refractivity contribution in [2.24, 2.45) is 56.7 Å². The molecular formula is C35H55NO4. The highest BCUT2D eigenvalue weighted by Gasteiger charge is 2.72. The number of allylic oxidation sites excluding steroid dienone is 2. The van der Waals surface area contributed by atoms with Gasteiger partial charge in [-0.2, -0.15) is 0 Å². The zero-order valence-electron chi connectivity index (χ0n) is 26.9. The monoisotopic (exact) mass is 553 g/mol. The fourth-order valence-electron chi connectivity index (χ4n) is 11.5. The zero-order valence-corrected chi connectivity index (χ0v) is 26.9. The van der Waals surface area contributed by atoms with Gasteiger partial charge in [-0.15, -0.1) is 0 Å². The molecule has 40 heavy (non-hydrogen) atoms. The van der Waals surface area contributed by atoms with Gasteiger partial charge in [-0.25, -0.2) is 0 Å². The van der Waals surface area contributed by atoms with Gasteiger partial charge in [0, 0.05) is 18.9 Å². The van der Waals surface area contributed by atoms with Gasteiger partial charge in [0.05, 0.1) is 5.41 Å². The van der Waals surface area contributed by atoms with E-state index in [-0.39, 0.29) is 57.2 Å². The number of hydrogen-bond donors (Lipinski definition) is 1. The highest BCUT2D eigenvalue weighted by atomic mass is 16.5. The van der Waals surface area contributed by atoms with Crippen LogP contribution in [0.4, 0.5) is 0 Å². The molecule has 1 N–H and O–H groups in total. The molecule has 5 heteroatoms. The van der Waals surface area contributed by atoms with Gasteiger partial charge in [0.2, 0.25) is 5.91 Å². The predicted molar refractivity (Wildman–Crippen MR) is 158 cm³/mol. The van der Waals surface area contributed by atoms with Crippen molar-refractivity contribution in [3.63, 3.8) is 0 Å². The lowest BCUT2D eigenvalue weighted by Gasteiger charge is -2.70. The van der Waals surface area contributed by atoms with Crippen LogP contribution >= 0.6 is 0 Å². The van der Waals surface area contributed by atoms with Crippen LogP contribution in [0.1, 0.15) is 121 Å². The number of ether oxygens (including phenoxy) is 1. The Kier molecular flexibility index (Phi) is 7.03. The summed E-state index contributed by atoms with van der Waals surface area (Å²) >= 11 is 0. The summed E-state index contributed by atoms with van der Waals surface area (Å²) in [6.45, 7) is 21.9. The second-order valence-corrected chi connectivity index (χ2v) is 16.3. The molecule has 0 radical (unpaired) electrons. The lowest BCUT2D eigenvalue weighted by atomic mass is 9.33. The molecule has 0 heterocycles. The Morgan fingerprint density at radius 3 is 2.25 bits per heavy atom. The van der Waals surface area contributed by atoms with Gasteiger partial charge in [0.25, 0.3) is 0 Å². The number of amides is 1. The van der Waals surface area contributed by atoms with Crippen LogP contribution in [-0.2, 0) is 19.1 Å². The Balaban J connectivity index is 1.61. The molecule has 11 atom stereocenters. The average molecular weight is 554 g/mol. The molecule has 0 saturated heterocycles. The van der Waals surface area contributed by atoms with E-state index < -0.39 is 11.5 Å². The molecule has 0 bridgehead atoms. The Labute approximate surface area is 243 Å². The molecular weight excluding hydrogens is 498 g/mol. The summed E-state index contributed by atoms with van der Waals surface area (Å²) in [4.78, 5) is 40.8. The maximum atomic E-state index is 14.6. The smallest absolute Gasteiger partial charge is 0.302 e. The van der Waals surface area contributed by atoms with E-state index in [4.69, 9.17) is 4.74 Å². The van der Waals surface area contributed by atoms with Crippen LogP contribution in [0.2, 0.25) is 0 Å². The lowest BCUT2D eigenvalue weighted by Crippen LogP contribution is -2.69. The zero-order chi connectivity index (χ0) is 29.6. The van der Waals surface area contributed by atoms with Crippen molar-refractivity contribution in [2.75, 3.05) is 0 Å². The maximum Gasteiger partial charge on any atom is 0.302 e. The fourth-order valence-corrected chi connectivity index (χ4v) is 11.5. The largest absolute Gasteiger partial charge is 0.461 e. The SMILES string of the molecule is CC(=O)O[C@@H]1CC[C@@]2(C)C(CC[C@]3(C)C2C(=O)C=C2C4[C@@H](C)[C@H](C)CC[C@]4(C)CC[C@]23C)[C@@]1(C)C(=O)NC(C)C. The summed E-state index contributed by atoms with van der Waals surface area (Å²) in [7, 11) is 0. The number of carbonyl (C=O) groups is 3. The molecule has 0 aromatic carbocycles. The second kappa shape index (κ2) is 9.43. The van der Waals surface area contributed by atoms with Crippen molar-refractivity contribution >= 4 is 17.7 Å². The minimum Gasteiger partial charge on any atom is -0.461 e. The standard InChI is InChI=1S/C35H55NO4/c1-20(2)36-30(39)35(10)26-12-16-34(9)29(32(26,7)15-13-27(35)40-23(5)37)25(38)19-24-28-22(4)21(3)11-14-31(28,6)17-18-33(24,34)8/h19-22,26-29H,11-18H2,1-10H3,(H,36,39)/t21-,22+,26?,27-,28?,29?,31-,32+,33-,34-,35-/m1/s1. The number of rotatable bonds is 3. The molecule has 4 fully saturated rings. The van der Waals surface area contributed by atoms with E-state index in [1.54, 1.807) is 0 Å². The van der Waals surface area contributed by atoms with Crippen LogP contribution in [0.5, 0.6) is 0 Å². The first-order chi connectivity index (χ1) is 18.5. The minimum atomic E-state index is -0.881. The molecule has 3 unspecified atom stereocenters. The van der Waals surface area contributed by atoms with Crippen LogP contribution in [0.15, 0.2) is 11.6 Å². The van der Waals surface area contributed by atoms with Crippen LogP contribution in [0, 0.1) is 56.7 Å². The van der Waals surface area contributed by atoms with Gasteiger partial charge in [0.1, 0.15) is 6.10 Å². The third kappa shape index (κ3) is 3.87. The molecule has 5 rings (SSSR count). The summed E-state index contributed by atoms with van der Waals surface area (Å²) in [6.07, 6.45) is 9.73. The Morgan fingerprint density at radius 2 is 1.62 bits per heavy atom. The molecule has 5 nitrogen and oxygen atoms in total. The predicted octanol–water partition coefficient (Wildman–Crippen LogP) is 7.28. The Hall–Kier alpha value is -1.65. The molecule has 0 aromatic rings. The number of nitrogens with one attached hydrogen (secondary N) is 1. The van der Waals surface area contributed by atoms with Crippen molar-refractivity contribution < 1.29 is 19.1 Å². The minimum absolute atomic E-state index is 0.0125. The summed E-state index contributed by atoms with van der Waals surface area (Å²) in [6, 6.07) is -0.0125. The van der Waals surface area contributed by atoms with Gasteiger partial charge < -0.3 is 10.1 Å². The first-order valence-corrected chi connectivity index (χ1v) is 16.2. The molecule has 4 saturated carbocycles. The van der Waals surface area contributed by atoms with Gasteiger partial charge in [-0.1, -0.05) is 47.1 Å². The number of hydrogen-bond acceptors (Lipinski definition) is 4. The number of ketones is 1. The highest BCUT2D eigenvalue weighted by molar-refractivity contribution is 5.96. The quantitative estimate of drug-likeness (QED) is 0.373. The van der Waals surface area contributed by atoms with Crippen molar-refractivity contribution in [2.45, 2.75) is 133 Å². The first kappa shape index (κ1) is 29.8. The molecule has 0 aliphatic heterocycles. The van der Waals surface area contributed by atoms with E-state index in [0.29, 0.717) is 24.2 Å². The first-order valence-electron chi connectivity index (χ1n) is 16.2. The molecule has 5 aliphatic rings. The van der Waals surface area contributed by atoms with E-state index in [0.717, 1.165) is 25.7 Å². The van der Waals surface area contributed by atoms with Crippen molar-refractivity contribution in [3.05, 3.63) is 11.6 Å². The third-order valence-electron chi connectivity index (χ3n) is 14.0. The number of fused-ring (bicyclic) bond motifs is 7. The lowest BCUT2D eigenvalue weighted by molar-refractivity contribution is -0.214. The maximum absolute atomic E-state index is 14.6. The summed E-state index contributed by atoms with van der Waals surface area (Å²) in [5.41, 5.74) is 0.301. The van der Waals surface area contributed by atoms with Crippen molar-refractivity contribution in [1.82, 2.24) is 5.32 Å². The van der Waals surface area contributed by atoms with Crippen LogP contribution in [0.25, 0.3) is 0 Å². The van der Waals surface area contributed by atoms with E-state index in [2.05, 4.69) is 52.9 Å². The van der Waals surface area contributed by atoms with E-state index >= 15 is 0 Å². The van der Waals surface area contributed by atoms with Gasteiger partial charge >= 0.3 is 5.97 Å².